The minimum atomic E-state index is -0.432. The third-order valence-electron chi connectivity index (χ3n) is 5.45. The van der Waals surface area contributed by atoms with Crippen molar-refractivity contribution in [2.45, 2.75) is 39.7 Å². The number of amides is 3. The number of anilines is 2. The van der Waals surface area contributed by atoms with Crippen LogP contribution >= 0.6 is 11.6 Å². The van der Waals surface area contributed by atoms with Gasteiger partial charge in [0.05, 0.1) is 13.2 Å². The fourth-order valence-electron chi connectivity index (χ4n) is 3.60. The summed E-state index contributed by atoms with van der Waals surface area (Å²) in [4.78, 5) is 32.0. The first-order chi connectivity index (χ1) is 16.0. The Bertz CT molecular complexity index is 942. The fourth-order valence-corrected chi connectivity index (χ4v) is 3.83. The first kappa shape index (κ1) is 25.0. The summed E-state index contributed by atoms with van der Waals surface area (Å²) in [6, 6.07) is 4.80. The number of urea groups is 1. The zero-order valence-electron chi connectivity index (χ0n) is 19.3. The Labute approximate surface area is 199 Å². The van der Waals surface area contributed by atoms with Crippen LogP contribution in [0.4, 0.5) is 16.3 Å². The number of nitrogens with zero attached hydrogens (tertiary/aromatic N) is 3. The molecule has 0 aliphatic carbocycles. The quantitative estimate of drug-likeness (QED) is 0.453. The summed E-state index contributed by atoms with van der Waals surface area (Å²) < 4.78 is 7.15. The normalized spacial score (nSPS) is 14.2. The van der Waals surface area contributed by atoms with Crippen LogP contribution in [0.5, 0.6) is 0 Å². The monoisotopic (exact) mass is 476 g/mol. The van der Waals surface area contributed by atoms with E-state index in [9.17, 15) is 9.59 Å². The van der Waals surface area contributed by atoms with Gasteiger partial charge in [0.2, 0.25) is 5.82 Å². The molecular weight excluding hydrogens is 444 g/mol. The van der Waals surface area contributed by atoms with Crippen LogP contribution in [-0.2, 0) is 11.3 Å². The van der Waals surface area contributed by atoms with E-state index in [0.29, 0.717) is 35.4 Å². The number of rotatable bonds is 10. The minimum absolute atomic E-state index is 0.241. The van der Waals surface area contributed by atoms with Gasteiger partial charge in [-0.3, -0.25) is 15.0 Å². The van der Waals surface area contributed by atoms with Crippen LogP contribution < -0.4 is 16.0 Å². The molecule has 1 aromatic heterocycles. The summed E-state index contributed by atoms with van der Waals surface area (Å²) in [7, 11) is 0. The highest BCUT2D eigenvalue weighted by molar-refractivity contribution is 6.30. The van der Waals surface area contributed by atoms with Crippen molar-refractivity contribution in [2.24, 2.45) is 0 Å². The number of aromatic nitrogens is 2. The molecule has 0 radical (unpaired) electrons. The molecule has 1 saturated heterocycles. The van der Waals surface area contributed by atoms with Crippen LogP contribution in [0.3, 0.4) is 0 Å². The Hall–Kier alpha value is -2.62. The second-order valence-electron chi connectivity index (χ2n) is 8.10. The molecular formula is C23H33ClN6O3. The van der Waals surface area contributed by atoms with Crippen molar-refractivity contribution in [3.8, 4) is 0 Å². The number of ether oxygens (including phenoxy) is 1. The number of hydrogen-bond donors (Lipinski definition) is 3. The molecule has 33 heavy (non-hydrogen) atoms. The number of aryl methyl sites for hydroxylation is 2. The lowest BCUT2D eigenvalue weighted by Gasteiger charge is -2.26. The van der Waals surface area contributed by atoms with E-state index in [2.05, 4.69) is 32.8 Å². The van der Waals surface area contributed by atoms with Crippen LogP contribution in [0, 0.1) is 6.92 Å². The van der Waals surface area contributed by atoms with Gasteiger partial charge in [0.1, 0.15) is 0 Å². The van der Waals surface area contributed by atoms with Gasteiger partial charge < -0.3 is 19.9 Å². The summed E-state index contributed by atoms with van der Waals surface area (Å²) in [5.41, 5.74) is 1.50. The van der Waals surface area contributed by atoms with Gasteiger partial charge in [-0.15, -0.1) is 0 Å². The predicted molar refractivity (Wildman–Crippen MR) is 130 cm³/mol. The summed E-state index contributed by atoms with van der Waals surface area (Å²) >= 11 is 5.97. The van der Waals surface area contributed by atoms with Crippen molar-refractivity contribution in [3.05, 3.63) is 40.8 Å². The van der Waals surface area contributed by atoms with Crippen LogP contribution in [0.15, 0.2) is 24.4 Å². The number of carbonyl (C=O) groups excluding carboxylic acids is 2. The molecule has 3 N–H and O–H groups in total. The van der Waals surface area contributed by atoms with Gasteiger partial charge >= 0.3 is 6.03 Å². The highest BCUT2D eigenvalue weighted by atomic mass is 35.5. The molecule has 3 rings (SSSR count). The molecule has 0 spiro atoms. The van der Waals surface area contributed by atoms with E-state index in [1.54, 1.807) is 29.0 Å². The van der Waals surface area contributed by atoms with Crippen LogP contribution in [0.2, 0.25) is 5.02 Å². The molecule has 1 fully saturated rings. The molecule has 0 unspecified atom stereocenters. The minimum Gasteiger partial charge on any atom is -0.379 e. The SMILES string of the molecule is CCCCn1cc(NC(=O)Nc2ccc(Cl)cc2C)nc1C(=O)NCCCN1CCOCC1. The number of benzene rings is 1. The number of nitrogens with one attached hydrogen (secondary N) is 3. The maximum Gasteiger partial charge on any atom is 0.324 e. The van der Waals surface area contributed by atoms with E-state index >= 15 is 0 Å². The summed E-state index contributed by atoms with van der Waals surface area (Å²) in [5.74, 6) is 0.386. The maximum absolute atomic E-state index is 12.8. The van der Waals surface area contributed by atoms with Crippen LogP contribution in [-0.4, -0.2) is 65.8 Å². The van der Waals surface area contributed by atoms with Crippen molar-refractivity contribution in [2.75, 3.05) is 50.0 Å². The zero-order chi connectivity index (χ0) is 23.6. The van der Waals surface area contributed by atoms with Gasteiger partial charge in [0.25, 0.3) is 5.91 Å². The molecule has 0 saturated carbocycles. The number of unbranched alkanes of at least 4 members (excludes halogenated alkanes) is 1. The number of imidazole rings is 1. The third-order valence-corrected chi connectivity index (χ3v) is 5.69. The van der Waals surface area contributed by atoms with Crippen molar-refractivity contribution in [1.29, 1.82) is 0 Å². The Morgan fingerprint density at radius 2 is 1.94 bits per heavy atom. The molecule has 2 heterocycles. The lowest BCUT2D eigenvalue weighted by atomic mass is 10.2. The molecule has 1 aliphatic heterocycles. The van der Waals surface area contributed by atoms with Crippen molar-refractivity contribution in [3.63, 3.8) is 0 Å². The second kappa shape index (κ2) is 12.6. The van der Waals surface area contributed by atoms with Gasteiger partial charge in [-0.25, -0.2) is 9.78 Å². The van der Waals surface area contributed by atoms with E-state index < -0.39 is 6.03 Å². The molecule has 180 valence electrons. The van der Waals surface area contributed by atoms with Crippen LogP contribution in [0.25, 0.3) is 0 Å². The number of hydrogen-bond acceptors (Lipinski definition) is 5. The van der Waals surface area contributed by atoms with Crippen LogP contribution in [0.1, 0.15) is 42.4 Å². The molecule has 10 heteroatoms. The molecule has 3 amide bonds. The zero-order valence-corrected chi connectivity index (χ0v) is 20.1. The van der Waals surface area contributed by atoms with E-state index in [1.165, 1.54) is 0 Å². The van der Waals surface area contributed by atoms with E-state index in [-0.39, 0.29) is 5.91 Å². The van der Waals surface area contributed by atoms with E-state index in [0.717, 1.165) is 57.7 Å². The van der Waals surface area contributed by atoms with Gasteiger partial charge in [0.15, 0.2) is 5.82 Å². The maximum atomic E-state index is 12.8. The number of carbonyl (C=O) groups is 2. The summed E-state index contributed by atoms with van der Waals surface area (Å²) in [6.45, 7) is 9.49. The predicted octanol–water partition coefficient (Wildman–Crippen LogP) is 3.74. The fraction of sp³-hybridized carbons (Fsp3) is 0.522. The summed E-state index contributed by atoms with van der Waals surface area (Å²) in [6.07, 6.45) is 4.45. The number of morpholine rings is 1. The average Bonchev–Trinajstić information content (AvgIpc) is 3.20. The number of halogens is 1. The standard InChI is InChI=1S/C23H33ClN6O3/c1-3-4-10-30-16-20(28-23(32)26-19-7-6-18(24)15-17(19)2)27-21(30)22(31)25-8-5-9-29-11-13-33-14-12-29/h6-7,15-16H,3-5,8-14H2,1-2H3,(H,25,31)(H2,26,28,32). The molecule has 2 aromatic rings. The highest BCUT2D eigenvalue weighted by Gasteiger charge is 2.17. The third kappa shape index (κ3) is 7.73. The van der Waals surface area contributed by atoms with Crippen molar-refractivity contribution >= 4 is 35.0 Å². The van der Waals surface area contributed by atoms with E-state index in [1.807, 2.05) is 6.92 Å². The van der Waals surface area contributed by atoms with Gasteiger partial charge in [0, 0.05) is 43.1 Å². The first-order valence-electron chi connectivity index (χ1n) is 11.5. The van der Waals surface area contributed by atoms with Gasteiger partial charge in [-0.1, -0.05) is 24.9 Å². The average molecular weight is 477 g/mol. The lowest BCUT2D eigenvalue weighted by molar-refractivity contribution is 0.0374. The Morgan fingerprint density at radius 1 is 1.15 bits per heavy atom. The lowest BCUT2D eigenvalue weighted by Crippen LogP contribution is -2.38. The molecule has 0 atom stereocenters. The highest BCUT2D eigenvalue weighted by Crippen LogP contribution is 2.20. The first-order valence-corrected chi connectivity index (χ1v) is 11.8. The molecule has 0 bridgehead atoms. The van der Waals surface area contributed by atoms with E-state index in [4.69, 9.17) is 16.3 Å². The molecule has 9 nitrogen and oxygen atoms in total. The van der Waals surface area contributed by atoms with Crippen molar-refractivity contribution < 1.29 is 14.3 Å². The largest absolute Gasteiger partial charge is 0.379 e. The van der Waals surface area contributed by atoms with Gasteiger partial charge in [-0.05, 0) is 50.1 Å². The Kier molecular flexibility index (Phi) is 9.53. The molecule has 1 aliphatic rings. The van der Waals surface area contributed by atoms with Crippen molar-refractivity contribution in [1.82, 2.24) is 19.8 Å². The second-order valence-corrected chi connectivity index (χ2v) is 8.53. The topological polar surface area (TPSA) is 101 Å². The Morgan fingerprint density at radius 3 is 2.67 bits per heavy atom. The smallest absolute Gasteiger partial charge is 0.324 e. The molecule has 1 aromatic carbocycles. The Balaban J connectivity index is 1.56. The summed E-state index contributed by atoms with van der Waals surface area (Å²) in [5, 5.41) is 9.07. The van der Waals surface area contributed by atoms with Gasteiger partial charge in [-0.2, -0.15) is 0 Å².